The fraction of sp³-hybridized carbons (Fsp3) is 0.833. The highest BCUT2D eigenvalue weighted by Gasteiger charge is 2.39. The fourth-order valence-corrected chi connectivity index (χ4v) is 2.51. The first kappa shape index (κ1) is 16.1. The fourth-order valence-electron chi connectivity index (χ4n) is 1.83. The van der Waals surface area contributed by atoms with E-state index in [2.05, 4.69) is 22.3 Å². The Morgan fingerprint density at radius 3 is 2.53 bits per heavy atom. The highest BCUT2D eigenvalue weighted by molar-refractivity contribution is 7.92. The van der Waals surface area contributed by atoms with Crippen LogP contribution in [0.15, 0.2) is 6.33 Å². The van der Waals surface area contributed by atoms with Gasteiger partial charge in [-0.15, -0.1) is 0 Å². The van der Waals surface area contributed by atoms with Gasteiger partial charge in [0.1, 0.15) is 12.2 Å². The van der Waals surface area contributed by atoms with Gasteiger partial charge in [-0.05, 0) is 26.8 Å². The van der Waals surface area contributed by atoms with E-state index >= 15 is 0 Å². The average molecular weight is 288 g/mol. The van der Waals surface area contributed by atoms with Crippen molar-refractivity contribution in [2.75, 3.05) is 12.8 Å². The van der Waals surface area contributed by atoms with E-state index in [-0.39, 0.29) is 6.04 Å². The number of sulfone groups is 1. The summed E-state index contributed by atoms with van der Waals surface area (Å²) in [6, 6.07) is -0.189. The van der Waals surface area contributed by atoms with Crippen molar-refractivity contribution < 1.29 is 8.42 Å². The van der Waals surface area contributed by atoms with Gasteiger partial charge in [0.15, 0.2) is 9.84 Å². The highest BCUT2D eigenvalue weighted by Crippen LogP contribution is 2.22. The van der Waals surface area contributed by atoms with Crippen molar-refractivity contribution in [3.63, 3.8) is 0 Å². The molecule has 0 bridgehead atoms. The maximum Gasteiger partial charge on any atom is 0.154 e. The van der Waals surface area contributed by atoms with Gasteiger partial charge in [-0.1, -0.05) is 6.92 Å². The molecule has 0 amide bonds. The largest absolute Gasteiger partial charge is 0.312 e. The van der Waals surface area contributed by atoms with Gasteiger partial charge in [-0.3, -0.25) is 4.68 Å². The summed E-state index contributed by atoms with van der Waals surface area (Å²) in [5.74, 6) is 0.783. The lowest BCUT2D eigenvalue weighted by Crippen LogP contribution is -2.53. The van der Waals surface area contributed by atoms with E-state index < -0.39 is 14.6 Å². The quantitative estimate of drug-likeness (QED) is 0.793. The van der Waals surface area contributed by atoms with Gasteiger partial charge < -0.3 is 5.32 Å². The molecule has 0 aliphatic carbocycles. The Labute approximate surface area is 115 Å². The maximum absolute atomic E-state index is 12.0. The minimum Gasteiger partial charge on any atom is -0.312 e. The SMILES string of the molecule is CCCNC(Cc1ncnn1C)C(C)(C)S(C)(=O)=O. The smallest absolute Gasteiger partial charge is 0.154 e. The first-order valence-electron chi connectivity index (χ1n) is 6.46. The second kappa shape index (κ2) is 6.00. The molecular formula is C12H24N4O2S. The summed E-state index contributed by atoms with van der Waals surface area (Å²) < 4.78 is 24.8. The van der Waals surface area contributed by atoms with Gasteiger partial charge in [0, 0.05) is 25.8 Å². The average Bonchev–Trinajstić information content (AvgIpc) is 2.68. The number of hydrogen-bond donors (Lipinski definition) is 1. The van der Waals surface area contributed by atoms with Gasteiger partial charge in [0.05, 0.1) is 4.75 Å². The third-order valence-electron chi connectivity index (χ3n) is 3.63. The molecule has 0 aromatic carbocycles. The Hall–Kier alpha value is -0.950. The molecule has 0 saturated heterocycles. The van der Waals surface area contributed by atoms with Gasteiger partial charge in [-0.2, -0.15) is 5.10 Å². The molecule has 110 valence electrons. The molecule has 0 aliphatic heterocycles. The first-order chi connectivity index (χ1) is 8.70. The number of hydrogen-bond acceptors (Lipinski definition) is 5. The minimum atomic E-state index is -3.17. The molecule has 19 heavy (non-hydrogen) atoms. The molecule has 0 saturated carbocycles. The number of rotatable bonds is 7. The van der Waals surface area contributed by atoms with E-state index in [4.69, 9.17) is 0 Å². The van der Waals surface area contributed by atoms with Crippen LogP contribution in [0.4, 0.5) is 0 Å². The van der Waals surface area contributed by atoms with Crippen LogP contribution in [0, 0.1) is 0 Å². The minimum absolute atomic E-state index is 0.189. The number of nitrogens with one attached hydrogen (secondary N) is 1. The van der Waals surface area contributed by atoms with E-state index in [9.17, 15) is 8.42 Å². The molecule has 1 heterocycles. The zero-order valence-electron chi connectivity index (χ0n) is 12.3. The molecule has 1 rings (SSSR count). The molecule has 0 fully saturated rings. The van der Waals surface area contributed by atoms with Crippen molar-refractivity contribution in [3.05, 3.63) is 12.2 Å². The number of aromatic nitrogens is 3. The van der Waals surface area contributed by atoms with Crippen molar-refractivity contribution in [1.29, 1.82) is 0 Å². The summed E-state index contributed by atoms with van der Waals surface area (Å²) in [5, 5.41) is 7.34. The molecule has 1 aromatic rings. The third-order valence-corrected chi connectivity index (χ3v) is 5.82. The zero-order valence-corrected chi connectivity index (χ0v) is 13.2. The Morgan fingerprint density at radius 1 is 1.47 bits per heavy atom. The molecule has 7 heteroatoms. The van der Waals surface area contributed by atoms with Crippen molar-refractivity contribution in [2.24, 2.45) is 7.05 Å². The van der Waals surface area contributed by atoms with Crippen LogP contribution < -0.4 is 5.32 Å². The van der Waals surface area contributed by atoms with E-state index in [1.54, 1.807) is 18.5 Å². The van der Waals surface area contributed by atoms with Crippen molar-refractivity contribution in [1.82, 2.24) is 20.1 Å². The molecule has 1 unspecified atom stereocenters. The number of aryl methyl sites for hydroxylation is 1. The molecule has 1 atom stereocenters. The van der Waals surface area contributed by atoms with Gasteiger partial charge in [0.2, 0.25) is 0 Å². The van der Waals surface area contributed by atoms with Crippen LogP contribution in [0.25, 0.3) is 0 Å². The normalized spacial score (nSPS) is 14.6. The van der Waals surface area contributed by atoms with Crippen molar-refractivity contribution in [2.45, 2.75) is 44.4 Å². The van der Waals surface area contributed by atoms with Crippen LogP contribution in [-0.4, -0.2) is 46.8 Å². The van der Waals surface area contributed by atoms with Crippen LogP contribution in [0.5, 0.6) is 0 Å². The molecular weight excluding hydrogens is 264 g/mol. The van der Waals surface area contributed by atoms with Gasteiger partial charge in [-0.25, -0.2) is 13.4 Å². The summed E-state index contributed by atoms with van der Waals surface area (Å²) in [5.41, 5.74) is 0. The molecule has 0 radical (unpaired) electrons. The van der Waals surface area contributed by atoms with E-state index in [0.29, 0.717) is 6.42 Å². The monoisotopic (exact) mass is 288 g/mol. The van der Waals surface area contributed by atoms with E-state index in [1.165, 1.54) is 12.6 Å². The van der Waals surface area contributed by atoms with Crippen molar-refractivity contribution in [3.8, 4) is 0 Å². The molecule has 1 aromatic heterocycles. The predicted octanol–water partition coefficient (Wildman–Crippen LogP) is 0.549. The van der Waals surface area contributed by atoms with Gasteiger partial charge in [0.25, 0.3) is 0 Å². The maximum atomic E-state index is 12.0. The Bertz CT molecular complexity index is 508. The van der Waals surface area contributed by atoms with Gasteiger partial charge >= 0.3 is 0 Å². The lowest BCUT2D eigenvalue weighted by atomic mass is 9.99. The van der Waals surface area contributed by atoms with E-state index in [0.717, 1.165) is 18.8 Å². The standard InChI is InChI=1S/C12H24N4O2S/c1-6-7-13-10(12(2,3)19(5,17)18)8-11-14-9-15-16(11)4/h9-10,13H,6-8H2,1-5H3. The van der Waals surface area contributed by atoms with Crippen LogP contribution in [0.1, 0.15) is 33.0 Å². The lowest BCUT2D eigenvalue weighted by Gasteiger charge is -2.33. The van der Waals surface area contributed by atoms with Crippen LogP contribution in [0.3, 0.4) is 0 Å². The summed E-state index contributed by atoms with van der Waals surface area (Å²) >= 11 is 0. The van der Waals surface area contributed by atoms with Crippen LogP contribution in [0.2, 0.25) is 0 Å². The first-order valence-corrected chi connectivity index (χ1v) is 8.35. The molecule has 6 nitrogen and oxygen atoms in total. The van der Waals surface area contributed by atoms with Crippen LogP contribution >= 0.6 is 0 Å². The molecule has 1 N–H and O–H groups in total. The van der Waals surface area contributed by atoms with Crippen molar-refractivity contribution >= 4 is 9.84 Å². The topological polar surface area (TPSA) is 76.9 Å². The summed E-state index contributed by atoms with van der Waals surface area (Å²) in [6.07, 6.45) is 4.26. The summed E-state index contributed by atoms with van der Waals surface area (Å²) in [7, 11) is -1.36. The Balaban J connectivity index is 2.98. The Kier molecular flexibility index (Phi) is 5.09. The van der Waals surface area contributed by atoms with Crippen LogP contribution in [-0.2, 0) is 23.3 Å². The predicted molar refractivity (Wildman–Crippen MR) is 75.7 cm³/mol. The second-order valence-electron chi connectivity index (χ2n) is 5.39. The zero-order chi connectivity index (χ0) is 14.7. The highest BCUT2D eigenvalue weighted by atomic mass is 32.2. The third kappa shape index (κ3) is 3.76. The Morgan fingerprint density at radius 2 is 2.11 bits per heavy atom. The number of nitrogens with zero attached hydrogens (tertiary/aromatic N) is 3. The molecule has 0 spiro atoms. The van der Waals surface area contributed by atoms with E-state index in [1.807, 2.05) is 7.05 Å². The summed E-state index contributed by atoms with van der Waals surface area (Å²) in [4.78, 5) is 4.18. The molecule has 0 aliphatic rings. The summed E-state index contributed by atoms with van der Waals surface area (Å²) in [6.45, 7) is 6.35. The lowest BCUT2D eigenvalue weighted by molar-refractivity contribution is 0.396. The second-order valence-corrected chi connectivity index (χ2v) is 7.98.